The van der Waals surface area contributed by atoms with E-state index >= 15 is 0 Å². The van der Waals surface area contributed by atoms with Crippen LogP contribution < -0.4 is 0 Å². The second kappa shape index (κ2) is 7.36. The van der Waals surface area contributed by atoms with Crippen molar-refractivity contribution in [3.05, 3.63) is 56.3 Å². The van der Waals surface area contributed by atoms with E-state index < -0.39 is 6.10 Å². The molecular weight excluding hydrogens is 344 g/mol. The highest BCUT2D eigenvalue weighted by atomic mass is 32.1. The standard InChI is InChI=1S/C22H24O3S/c1-14(21(23)18-11-10-15-7-5-8-16(15)12-18)25-22(24)20-13-17-6-3-2-4-9-19(17)26-20/h10-14H,2-9H2,1H3/t14-/m1/s1. The minimum Gasteiger partial charge on any atom is -0.450 e. The number of thiophene rings is 1. The van der Waals surface area contributed by atoms with Crippen LogP contribution in [0.2, 0.25) is 0 Å². The van der Waals surface area contributed by atoms with Gasteiger partial charge in [0.2, 0.25) is 5.78 Å². The second-order valence-corrected chi connectivity index (χ2v) is 8.51. The third-order valence-corrected chi connectivity index (χ3v) is 6.70. The quantitative estimate of drug-likeness (QED) is 0.436. The maximum Gasteiger partial charge on any atom is 0.349 e. The Balaban J connectivity index is 1.44. The summed E-state index contributed by atoms with van der Waals surface area (Å²) in [5, 5.41) is 0. The maximum absolute atomic E-state index is 12.7. The van der Waals surface area contributed by atoms with Gasteiger partial charge in [-0.25, -0.2) is 4.79 Å². The molecule has 0 aliphatic heterocycles. The van der Waals surface area contributed by atoms with Crippen LogP contribution in [0.5, 0.6) is 0 Å². The van der Waals surface area contributed by atoms with Crippen molar-refractivity contribution < 1.29 is 14.3 Å². The molecule has 0 radical (unpaired) electrons. The molecule has 0 fully saturated rings. The molecule has 1 aromatic heterocycles. The van der Waals surface area contributed by atoms with Gasteiger partial charge in [-0.3, -0.25) is 4.79 Å². The molecule has 4 heteroatoms. The van der Waals surface area contributed by atoms with E-state index in [0.717, 1.165) is 32.1 Å². The summed E-state index contributed by atoms with van der Waals surface area (Å²) in [6.07, 6.45) is 8.25. The number of fused-ring (bicyclic) bond motifs is 2. The number of ketones is 1. The summed E-state index contributed by atoms with van der Waals surface area (Å²) in [6.45, 7) is 1.67. The zero-order valence-corrected chi connectivity index (χ0v) is 16.0. The lowest BCUT2D eigenvalue weighted by Gasteiger charge is -2.12. The molecular formula is C22H24O3S. The van der Waals surface area contributed by atoms with Gasteiger partial charge in [-0.15, -0.1) is 11.3 Å². The lowest BCUT2D eigenvalue weighted by molar-refractivity contribution is 0.0323. The average Bonchev–Trinajstić information content (AvgIpc) is 3.22. The first-order valence-electron chi connectivity index (χ1n) is 9.60. The molecule has 4 rings (SSSR count). The van der Waals surface area contributed by atoms with Gasteiger partial charge < -0.3 is 4.74 Å². The predicted octanol–water partition coefficient (Wildman–Crippen LogP) is 4.93. The third kappa shape index (κ3) is 3.48. The molecule has 1 atom stereocenters. The molecule has 0 N–H and O–H groups in total. The lowest BCUT2D eigenvalue weighted by atomic mass is 10.0. The number of aryl methyl sites for hydroxylation is 4. The van der Waals surface area contributed by atoms with E-state index in [1.807, 2.05) is 24.3 Å². The highest BCUT2D eigenvalue weighted by Gasteiger charge is 2.24. The molecule has 2 aliphatic rings. The number of Topliss-reactive ketones (excluding diaryl/α,β-unsaturated/α-hetero) is 1. The fourth-order valence-corrected chi connectivity index (χ4v) is 5.14. The minimum absolute atomic E-state index is 0.119. The number of carbonyl (C=O) groups is 2. The molecule has 0 unspecified atom stereocenters. The molecule has 136 valence electrons. The number of hydrogen-bond acceptors (Lipinski definition) is 4. The Hall–Kier alpha value is -1.94. The Kier molecular flexibility index (Phi) is 4.94. The van der Waals surface area contributed by atoms with Gasteiger partial charge in [0.25, 0.3) is 0 Å². The van der Waals surface area contributed by atoms with E-state index in [1.54, 1.807) is 6.92 Å². The van der Waals surface area contributed by atoms with Crippen LogP contribution in [0.3, 0.4) is 0 Å². The zero-order chi connectivity index (χ0) is 18.1. The van der Waals surface area contributed by atoms with Crippen molar-refractivity contribution in [2.24, 2.45) is 0 Å². The van der Waals surface area contributed by atoms with Crippen LogP contribution in [0.4, 0.5) is 0 Å². The molecule has 0 spiro atoms. The van der Waals surface area contributed by atoms with Crippen LogP contribution in [0.1, 0.15) is 74.2 Å². The molecule has 2 aromatic rings. The highest BCUT2D eigenvalue weighted by Crippen LogP contribution is 2.30. The highest BCUT2D eigenvalue weighted by molar-refractivity contribution is 7.14. The molecule has 0 saturated heterocycles. The molecule has 26 heavy (non-hydrogen) atoms. The van der Waals surface area contributed by atoms with Crippen LogP contribution in [-0.4, -0.2) is 17.9 Å². The summed E-state index contributed by atoms with van der Waals surface area (Å²) >= 11 is 1.54. The Morgan fingerprint density at radius 3 is 2.58 bits per heavy atom. The Labute approximate surface area is 158 Å². The van der Waals surface area contributed by atoms with Crippen LogP contribution in [0, 0.1) is 0 Å². The summed E-state index contributed by atoms with van der Waals surface area (Å²) in [5.41, 5.74) is 4.53. The van der Waals surface area contributed by atoms with E-state index in [1.165, 1.54) is 52.2 Å². The first-order valence-corrected chi connectivity index (χ1v) is 10.4. The molecule has 2 aliphatic carbocycles. The molecule has 3 nitrogen and oxygen atoms in total. The predicted molar refractivity (Wildman–Crippen MR) is 103 cm³/mol. The summed E-state index contributed by atoms with van der Waals surface area (Å²) < 4.78 is 5.50. The summed E-state index contributed by atoms with van der Waals surface area (Å²) in [7, 11) is 0. The molecule has 1 heterocycles. The first kappa shape index (κ1) is 17.5. The fraction of sp³-hybridized carbons (Fsp3) is 0.455. The maximum atomic E-state index is 12.7. The van der Waals surface area contributed by atoms with Crippen molar-refractivity contribution in [2.45, 2.75) is 64.4 Å². The topological polar surface area (TPSA) is 43.4 Å². The van der Waals surface area contributed by atoms with Crippen molar-refractivity contribution in [3.8, 4) is 0 Å². The summed E-state index contributed by atoms with van der Waals surface area (Å²) in [6, 6.07) is 7.85. The van der Waals surface area contributed by atoms with Crippen LogP contribution in [-0.2, 0) is 30.4 Å². The van der Waals surface area contributed by atoms with Gasteiger partial charge in [0, 0.05) is 10.4 Å². The molecule has 0 amide bonds. The van der Waals surface area contributed by atoms with E-state index in [-0.39, 0.29) is 11.8 Å². The van der Waals surface area contributed by atoms with E-state index in [4.69, 9.17) is 4.74 Å². The first-order chi connectivity index (χ1) is 12.6. The van der Waals surface area contributed by atoms with Crippen LogP contribution in [0.25, 0.3) is 0 Å². The number of hydrogen-bond donors (Lipinski definition) is 0. The Morgan fingerprint density at radius 1 is 0.923 bits per heavy atom. The summed E-state index contributed by atoms with van der Waals surface area (Å²) in [4.78, 5) is 27.1. The summed E-state index contributed by atoms with van der Waals surface area (Å²) in [5.74, 6) is -0.490. The third-order valence-electron chi connectivity index (χ3n) is 5.48. The lowest BCUT2D eigenvalue weighted by Crippen LogP contribution is -2.24. The second-order valence-electron chi connectivity index (χ2n) is 7.37. The average molecular weight is 368 g/mol. The van der Waals surface area contributed by atoms with Gasteiger partial charge >= 0.3 is 5.97 Å². The number of esters is 1. The number of carbonyl (C=O) groups excluding carboxylic acids is 2. The van der Waals surface area contributed by atoms with Crippen molar-refractivity contribution in [3.63, 3.8) is 0 Å². The van der Waals surface area contributed by atoms with Crippen molar-refractivity contribution in [1.29, 1.82) is 0 Å². The molecule has 1 aromatic carbocycles. The Morgan fingerprint density at radius 2 is 1.69 bits per heavy atom. The van der Waals surface area contributed by atoms with E-state index in [9.17, 15) is 9.59 Å². The van der Waals surface area contributed by atoms with Gasteiger partial charge in [-0.2, -0.15) is 0 Å². The Bertz CT molecular complexity index is 826. The van der Waals surface area contributed by atoms with Crippen molar-refractivity contribution in [2.75, 3.05) is 0 Å². The van der Waals surface area contributed by atoms with E-state index in [2.05, 4.69) is 0 Å². The largest absolute Gasteiger partial charge is 0.450 e. The monoisotopic (exact) mass is 368 g/mol. The molecule has 0 saturated carbocycles. The van der Waals surface area contributed by atoms with Gasteiger partial charge in [0.1, 0.15) is 4.88 Å². The smallest absolute Gasteiger partial charge is 0.349 e. The minimum atomic E-state index is -0.760. The number of benzene rings is 1. The van der Waals surface area contributed by atoms with E-state index in [0.29, 0.717) is 10.4 Å². The normalized spacial score (nSPS) is 17.1. The van der Waals surface area contributed by atoms with Gasteiger partial charge in [0.05, 0.1) is 0 Å². The molecule has 0 bridgehead atoms. The SMILES string of the molecule is C[C@@H](OC(=O)c1cc2c(s1)CCCCC2)C(=O)c1ccc2c(c1)CCC2. The van der Waals surface area contributed by atoms with Crippen LogP contribution >= 0.6 is 11.3 Å². The van der Waals surface area contributed by atoms with Crippen molar-refractivity contribution in [1.82, 2.24) is 0 Å². The number of rotatable bonds is 4. The zero-order valence-electron chi connectivity index (χ0n) is 15.2. The fourth-order valence-electron chi connectivity index (χ4n) is 4.00. The van der Waals surface area contributed by atoms with Gasteiger partial charge in [-0.1, -0.05) is 18.6 Å². The van der Waals surface area contributed by atoms with Crippen molar-refractivity contribution >= 4 is 23.1 Å². The number of ether oxygens (including phenoxy) is 1. The van der Waals surface area contributed by atoms with Gasteiger partial charge in [0.15, 0.2) is 6.10 Å². The van der Waals surface area contributed by atoms with Crippen LogP contribution in [0.15, 0.2) is 24.3 Å². The van der Waals surface area contributed by atoms with Gasteiger partial charge in [-0.05, 0) is 80.7 Å².